The van der Waals surface area contributed by atoms with Gasteiger partial charge in [0.1, 0.15) is 5.84 Å². The van der Waals surface area contributed by atoms with Gasteiger partial charge in [-0.1, -0.05) is 34.1 Å². The van der Waals surface area contributed by atoms with Crippen LogP contribution >= 0.6 is 15.9 Å². The number of benzene rings is 2. The molecule has 0 atom stereocenters. The zero-order valence-electron chi connectivity index (χ0n) is 7.79. The van der Waals surface area contributed by atoms with Crippen LogP contribution in [0.15, 0.2) is 40.9 Å². The number of amidine groups is 1. The summed E-state index contributed by atoms with van der Waals surface area (Å²) in [4.78, 5) is 0. The van der Waals surface area contributed by atoms with Crippen molar-refractivity contribution in [1.29, 1.82) is 5.41 Å². The maximum atomic E-state index is 8.62. The third-order valence-corrected chi connectivity index (χ3v) is 2.70. The standard InChI is InChI=1S/C11H9BrN2O/c12-10-4-3-7-5-9(11(13)14-15)2-1-8(7)6-10/h1-6,15H,(H2,13,14). The van der Waals surface area contributed by atoms with Gasteiger partial charge >= 0.3 is 0 Å². The van der Waals surface area contributed by atoms with E-state index in [4.69, 9.17) is 10.6 Å². The lowest BCUT2D eigenvalue weighted by molar-refractivity contribution is 0.234. The number of rotatable bonds is 1. The molecule has 2 aromatic rings. The largest absolute Gasteiger partial charge is 0.290 e. The van der Waals surface area contributed by atoms with E-state index in [0.29, 0.717) is 5.56 Å². The van der Waals surface area contributed by atoms with Gasteiger partial charge in [-0.25, -0.2) is 0 Å². The highest BCUT2D eigenvalue weighted by Crippen LogP contribution is 2.20. The second-order valence-corrected chi connectivity index (χ2v) is 4.11. The normalized spacial score (nSPS) is 10.3. The lowest BCUT2D eigenvalue weighted by atomic mass is 10.1. The summed E-state index contributed by atoms with van der Waals surface area (Å²) in [6.07, 6.45) is 0. The fourth-order valence-electron chi connectivity index (χ4n) is 1.44. The van der Waals surface area contributed by atoms with E-state index in [0.717, 1.165) is 15.2 Å². The van der Waals surface area contributed by atoms with Crippen LogP contribution in [-0.2, 0) is 0 Å². The van der Waals surface area contributed by atoms with Crippen molar-refractivity contribution in [2.75, 3.05) is 0 Å². The molecule has 0 aromatic heterocycles. The Morgan fingerprint density at radius 1 is 1.13 bits per heavy atom. The average molecular weight is 265 g/mol. The summed E-state index contributed by atoms with van der Waals surface area (Å²) in [5.74, 6) is -0.000168. The first-order chi connectivity index (χ1) is 7.20. The molecule has 0 spiro atoms. The van der Waals surface area contributed by atoms with Crippen LogP contribution < -0.4 is 5.48 Å². The summed E-state index contributed by atoms with van der Waals surface area (Å²) >= 11 is 3.40. The van der Waals surface area contributed by atoms with Crippen molar-refractivity contribution < 1.29 is 5.21 Å². The van der Waals surface area contributed by atoms with E-state index in [-0.39, 0.29) is 5.84 Å². The van der Waals surface area contributed by atoms with E-state index in [2.05, 4.69) is 15.9 Å². The Morgan fingerprint density at radius 3 is 2.53 bits per heavy atom. The second-order valence-electron chi connectivity index (χ2n) is 3.19. The Bertz CT molecular complexity index is 525. The lowest BCUT2D eigenvalue weighted by Gasteiger charge is -2.04. The highest BCUT2D eigenvalue weighted by atomic mass is 79.9. The van der Waals surface area contributed by atoms with Crippen LogP contribution in [0.3, 0.4) is 0 Å². The fraction of sp³-hybridized carbons (Fsp3) is 0. The first kappa shape index (κ1) is 10.1. The molecule has 2 aromatic carbocycles. The van der Waals surface area contributed by atoms with E-state index in [1.807, 2.05) is 35.8 Å². The lowest BCUT2D eigenvalue weighted by Crippen LogP contribution is -2.18. The molecule has 0 amide bonds. The van der Waals surface area contributed by atoms with E-state index < -0.39 is 0 Å². The number of hydrogen-bond acceptors (Lipinski definition) is 2. The van der Waals surface area contributed by atoms with Crippen molar-refractivity contribution in [3.63, 3.8) is 0 Å². The van der Waals surface area contributed by atoms with Gasteiger partial charge in [0, 0.05) is 10.0 Å². The highest BCUT2D eigenvalue weighted by Gasteiger charge is 2.01. The van der Waals surface area contributed by atoms with Crippen molar-refractivity contribution >= 4 is 32.5 Å². The zero-order chi connectivity index (χ0) is 10.8. The monoisotopic (exact) mass is 264 g/mol. The van der Waals surface area contributed by atoms with Gasteiger partial charge in [-0.05, 0) is 29.0 Å². The SMILES string of the molecule is N=C(NO)c1ccc2cc(Br)ccc2c1. The predicted octanol–water partition coefficient (Wildman–Crippen LogP) is 2.91. The number of nitrogens with one attached hydrogen (secondary N) is 2. The van der Waals surface area contributed by atoms with Gasteiger partial charge in [-0.3, -0.25) is 16.1 Å². The van der Waals surface area contributed by atoms with E-state index in [9.17, 15) is 0 Å². The smallest absolute Gasteiger partial charge is 0.149 e. The minimum absolute atomic E-state index is 0.000168. The summed E-state index contributed by atoms with van der Waals surface area (Å²) in [5.41, 5.74) is 2.49. The highest BCUT2D eigenvalue weighted by molar-refractivity contribution is 9.10. The van der Waals surface area contributed by atoms with Gasteiger partial charge < -0.3 is 0 Å². The molecular weight excluding hydrogens is 256 g/mol. The third-order valence-electron chi connectivity index (χ3n) is 2.20. The number of halogens is 1. The molecule has 0 aliphatic carbocycles. The quantitative estimate of drug-likeness (QED) is 0.422. The molecule has 0 radical (unpaired) electrons. The average Bonchev–Trinajstić information content (AvgIpc) is 2.27. The molecule has 0 heterocycles. The van der Waals surface area contributed by atoms with Crippen LogP contribution in [0.4, 0.5) is 0 Å². The van der Waals surface area contributed by atoms with Crippen LogP contribution in [0.2, 0.25) is 0 Å². The first-order valence-electron chi connectivity index (χ1n) is 4.39. The summed E-state index contributed by atoms with van der Waals surface area (Å²) in [5, 5.41) is 18.2. The van der Waals surface area contributed by atoms with Gasteiger partial charge in [0.2, 0.25) is 0 Å². The maximum absolute atomic E-state index is 8.62. The van der Waals surface area contributed by atoms with E-state index in [1.165, 1.54) is 0 Å². The van der Waals surface area contributed by atoms with Crippen LogP contribution in [-0.4, -0.2) is 11.0 Å². The molecule has 76 valence electrons. The molecule has 3 nitrogen and oxygen atoms in total. The zero-order valence-corrected chi connectivity index (χ0v) is 9.38. The van der Waals surface area contributed by atoms with Crippen LogP contribution in [0, 0.1) is 5.41 Å². The van der Waals surface area contributed by atoms with Crippen molar-refractivity contribution in [3.05, 3.63) is 46.4 Å². The van der Waals surface area contributed by atoms with Crippen molar-refractivity contribution in [2.24, 2.45) is 0 Å². The summed E-state index contributed by atoms with van der Waals surface area (Å²) in [7, 11) is 0. The van der Waals surface area contributed by atoms with Crippen molar-refractivity contribution in [3.8, 4) is 0 Å². The predicted molar refractivity (Wildman–Crippen MR) is 63.4 cm³/mol. The van der Waals surface area contributed by atoms with Crippen molar-refractivity contribution in [1.82, 2.24) is 5.48 Å². The minimum Gasteiger partial charge on any atom is -0.290 e. The maximum Gasteiger partial charge on any atom is 0.149 e. The Balaban J connectivity index is 2.57. The molecule has 0 aliphatic rings. The van der Waals surface area contributed by atoms with Gasteiger partial charge in [-0.2, -0.15) is 0 Å². The molecular formula is C11H9BrN2O. The van der Waals surface area contributed by atoms with Gasteiger partial charge in [0.25, 0.3) is 0 Å². The van der Waals surface area contributed by atoms with Gasteiger partial charge in [0.05, 0.1) is 0 Å². The molecule has 4 heteroatoms. The van der Waals surface area contributed by atoms with Crippen LogP contribution in [0.25, 0.3) is 10.8 Å². The topological polar surface area (TPSA) is 56.1 Å². The van der Waals surface area contributed by atoms with Gasteiger partial charge in [-0.15, -0.1) is 0 Å². The van der Waals surface area contributed by atoms with Crippen LogP contribution in [0.5, 0.6) is 0 Å². The Labute approximate surface area is 95.3 Å². The van der Waals surface area contributed by atoms with Crippen LogP contribution in [0.1, 0.15) is 5.56 Å². The Morgan fingerprint density at radius 2 is 1.80 bits per heavy atom. The van der Waals surface area contributed by atoms with E-state index >= 15 is 0 Å². The molecule has 0 fully saturated rings. The molecule has 3 N–H and O–H groups in total. The van der Waals surface area contributed by atoms with Gasteiger partial charge in [0.15, 0.2) is 0 Å². The summed E-state index contributed by atoms with van der Waals surface area (Å²) in [6.45, 7) is 0. The molecule has 2 rings (SSSR count). The molecule has 0 aliphatic heterocycles. The number of fused-ring (bicyclic) bond motifs is 1. The summed E-state index contributed by atoms with van der Waals surface area (Å²) < 4.78 is 1.03. The van der Waals surface area contributed by atoms with Crippen molar-refractivity contribution in [2.45, 2.75) is 0 Å². The Hall–Kier alpha value is -1.39. The molecule has 0 saturated heterocycles. The molecule has 15 heavy (non-hydrogen) atoms. The van der Waals surface area contributed by atoms with E-state index in [1.54, 1.807) is 6.07 Å². The first-order valence-corrected chi connectivity index (χ1v) is 5.18. The summed E-state index contributed by atoms with van der Waals surface area (Å²) in [6, 6.07) is 11.5. The minimum atomic E-state index is -0.000168. The third kappa shape index (κ3) is 2.00. The fourth-order valence-corrected chi connectivity index (χ4v) is 1.82. The molecule has 0 unspecified atom stereocenters. The molecule has 0 bridgehead atoms. The number of hydrogen-bond donors (Lipinski definition) is 3. The second kappa shape index (κ2) is 4.00. The number of hydroxylamine groups is 1. The molecule has 0 saturated carbocycles. The Kier molecular flexibility index (Phi) is 2.70.